The van der Waals surface area contributed by atoms with Gasteiger partial charge >= 0.3 is 0 Å². The molecule has 2 aliphatic rings. The van der Waals surface area contributed by atoms with Crippen LogP contribution in [0.4, 0.5) is 0 Å². The Balaban J connectivity index is 1.15. The predicted octanol–water partition coefficient (Wildman–Crippen LogP) is 18.4. The van der Waals surface area contributed by atoms with Gasteiger partial charge in [-0.3, -0.25) is 0 Å². The van der Waals surface area contributed by atoms with Crippen LogP contribution < -0.4 is 0 Å². The summed E-state index contributed by atoms with van der Waals surface area (Å²) in [4.78, 5) is 0. The number of rotatable bonds is 4. The van der Waals surface area contributed by atoms with Crippen LogP contribution in [0.15, 0.2) is 218 Å². The first-order valence-corrected chi connectivity index (χ1v) is 27.6. The second-order valence-corrected chi connectivity index (χ2v) is 23.0. The molecule has 4 heterocycles. The van der Waals surface area contributed by atoms with Crippen LogP contribution >= 0.6 is 0 Å². The van der Waals surface area contributed by atoms with Gasteiger partial charge in [-0.1, -0.05) is 185 Å². The van der Waals surface area contributed by atoms with Crippen LogP contribution in [0.25, 0.3) is 132 Å². The molecule has 0 fully saturated rings. The van der Waals surface area contributed by atoms with Crippen LogP contribution in [-0.4, -0.2) is 18.3 Å². The van der Waals surface area contributed by atoms with E-state index in [0.29, 0.717) is 33.9 Å². The highest BCUT2D eigenvalue weighted by Gasteiger charge is 2.40. The van der Waals surface area contributed by atoms with E-state index in [0.717, 1.165) is 87.2 Å². The molecule has 0 amide bonds. The number of nitriles is 2. The number of aromatic nitrogens is 4. The van der Waals surface area contributed by atoms with Crippen molar-refractivity contribution in [3.63, 3.8) is 0 Å². The quantitative estimate of drug-likeness (QED) is 0.176. The lowest BCUT2D eigenvalue weighted by atomic mass is 9.82. The first-order chi connectivity index (χ1) is 39.2. The van der Waals surface area contributed by atoms with Gasteiger partial charge in [-0.2, -0.15) is 10.5 Å². The lowest BCUT2D eigenvalue weighted by Gasteiger charge is -2.27. The highest BCUT2D eigenvalue weighted by molar-refractivity contribution is 6.17. The summed E-state index contributed by atoms with van der Waals surface area (Å²) >= 11 is 0. The van der Waals surface area contributed by atoms with E-state index >= 15 is 0 Å². The van der Waals surface area contributed by atoms with Gasteiger partial charge in [0.15, 0.2) is 0 Å². The molecule has 0 saturated carbocycles. The highest BCUT2D eigenvalue weighted by atomic mass is 15.1. The van der Waals surface area contributed by atoms with E-state index in [1.165, 1.54) is 44.5 Å². The molecule has 2 aliphatic carbocycles. The topological polar surface area (TPSA) is 67.3 Å². The van der Waals surface area contributed by atoms with Crippen molar-refractivity contribution in [3.05, 3.63) is 252 Å². The van der Waals surface area contributed by atoms with E-state index < -0.39 is 0 Å². The molecule has 11 aromatic carbocycles. The zero-order chi connectivity index (χ0) is 53.5. The van der Waals surface area contributed by atoms with Crippen LogP contribution in [0.5, 0.6) is 0 Å². The fourth-order valence-electron chi connectivity index (χ4n) is 14.9. The normalized spacial score (nSPS) is 13.9. The number of hydrogen-bond acceptors (Lipinski definition) is 2. The Morgan fingerprint density at radius 1 is 0.263 bits per heavy atom. The molecule has 0 bridgehead atoms. The third-order valence-electron chi connectivity index (χ3n) is 18.4. The monoisotopic (exact) mass is 1020 g/mol. The average molecular weight is 1020 g/mol. The zero-order valence-electron chi connectivity index (χ0n) is 44.5. The van der Waals surface area contributed by atoms with Gasteiger partial charge < -0.3 is 18.3 Å². The van der Waals surface area contributed by atoms with E-state index in [1.54, 1.807) is 0 Å². The van der Waals surface area contributed by atoms with E-state index in [-0.39, 0.29) is 10.8 Å². The number of benzene rings is 11. The van der Waals surface area contributed by atoms with Crippen molar-refractivity contribution in [1.82, 2.24) is 18.3 Å². The summed E-state index contributed by atoms with van der Waals surface area (Å²) < 4.78 is 9.25. The summed E-state index contributed by atoms with van der Waals surface area (Å²) in [5, 5.41) is 34.3. The summed E-state index contributed by atoms with van der Waals surface area (Å²) in [5.74, 6) is 0. The Hall–Kier alpha value is -10.4. The van der Waals surface area contributed by atoms with Gasteiger partial charge in [0.2, 0.25) is 0 Å². The molecule has 374 valence electrons. The van der Waals surface area contributed by atoms with Crippen molar-refractivity contribution in [2.24, 2.45) is 0 Å². The number of nitrogens with zero attached hydrogens (tertiary/aromatic N) is 6. The molecule has 80 heavy (non-hydrogen) atoms. The van der Waals surface area contributed by atoms with Crippen molar-refractivity contribution in [2.45, 2.75) is 38.5 Å². The Morgan fingerprint density at radius 2 is 0.512 bits per heavy atom. The SMILES string of the molecule is CC1(C)c2ccccc2-c2cc3c4ccccc4n(-c4c(C#N)c(-n5c6ccccc6c6ccccc65)c(-n5c6ccccc6c6cc7c(cc65)C(C)(C)c5ccccc5-7)c(C#N)c4-n4c5ccccc5c5ccccc54)c3cc21. The van der Waals surface area contributed by atoms with E-state index in [9.17, 15) is 10.5 Å². The Bertz CT molecular complexity index is 4960. The van der Waals surface area contributed by atoms with Crippen molar-refractivity contribution >= 4 is 87.2 Å². The Labute approximate surface area is 461 Å². The van der Waals surface area contributed by atoms with E-state index in [4.69, 9.17) is 0 Å². The minimum atomic E-state index is -0.322. The first kappa shape index (κ1) is 44.7. The van der Waals surface area contributed by atoms with Crippen LogP contribution in [0.3, 0.4) is 0 Å². The zero-order valence-corrected chi connectivity index (χ0v) is 44.5. The average Bonchev–Trinajstić information content (AvgIpc) is 4.47. The number of hydrogen-bond donors (Lipinski definition) is 0. The van der Waals surface area contributed by atoms with Crippen LogP contribution in [-0.2, 0) is 10.8 Å². The maximum atomic E-state index is 12.9. The van der Waals surface area contributed by atoms with Gasteiger partial charge in [-0.15, -0.1) is 0 Å². The van der Waals surface area contributed by atoms with Crippen molar-refractivity contribution in [2.75, 3.05) is 0 Å². The van der Waals surface area contributed by atoms with Crippen molar-refractivity contribution < 1.29 is 0 Å². The van der Waals surface area contributed by atoms with E-state index in [1.807, 2.05) is 0 Å². The molecule has 0 radical (unpaired) electrons. The molecule has 0 unspecified atom stereocenters. The largest absolute Gasteiger partial charge is 0.306 e. The Kier molecular flexibility index (Phi) is 8.74. The molecule has 6 heteroatoms. The first-order valence-electron chi connectivity index (χ1n) is 27.6. The standard InChI is InChI=1S/C74H48N6/c1-73(2)57-29-13-5-21-43(57)51-37-53-49-27-11-19-35-65(49)79(67(53)39-59(51)73)71-55(41-75)70(78-63-33-17-9-25-47(63)48-26-10-18-34-64(48)78)72(56(42-76)69(71)77-61-31-15-7-23-45(61)46-24-8-16-32-62(46)77)80-66-36-20-12-28-50(66)54-38-52-44-22-6-14-30-58(44)74(3,4)60(52)40-68(54)80/h5-40H,1-4H3. The van der Waals surface area contributed by atoms with Gasteiger partial charge in [0.1, 0.15) is 23.3 Å². The molecule has 0 aliphatic heterocycles. The molecular weight excluding hydrogens is 973 g/mol. The van der Waals surface area contributed by atoms with E-state index in [2.05, 4.69) is 276 Å². The summed E-state index contributed by atoms with van der Waals surface area (Å²) in [6.45, 7) is 9.30. The summed E-state index contributed by atoms with van der Waals surface area (Å²) in [6, 6.07) is 84.4. The molecule has 4 aromatic heterocycles. The van der Waals surface area contributed by atoms with Gasteiger partial charge in [0.25, 0.3) is 0 Å². The summed E-state index contributed by atoms with van der Waals surface area (Å²) in [5.41, 5.74) is 20.2. The third kappa shape index (κ3) is 5.49. The summed E-state index contributed by atoms with van der Waals surface area (Å²) in [6.07, 6.45) is 0. The second kappa shape index (κ2) is 15.6. The second-order valence-electron chi connectivity index (χ2n) is 23.0. The molecule has 0 N–H and O–H groups in total. The maximum absolute atomic E-state index is 12.9. The predicted molar refractivity (Wildman–Crippen MR) is 328 cm³/mol. The minimum Gasteiger partial charge on any atom is -0.306 e. The molecule has 15 aromatic rings. The molecule has 0 spiro atoms. The van der Waals surface area contributed by atoms with Gasteiger partial charge in [0, 0.05) is 53.9 Å². The van der Waals surface area contributed by atoms with Gasteiger partial charge in [-0.25, -0.2) is 0 Å². The number of para-hydroxylation sites is 6. The molecule has 0 saturated heterocycles. The van der Waals surface area contributed by atoms with Crippen LogP contribution in [0.2, 0.25) is 0 Å². The molecular formula is C74H48N6. The summed E-state index contributed by atoms with van der Waals surface area (Å²) in [7, 11) is 0. The minimum absolute atomic E-state index is 0.322. The van der Waals surface area contributed by atoms with Crippen LogP contribution in [0, 0.1) is 22.7 Å². The fourth-order valence-corrected chi connectivity index (χ4v) is 14.9. The molecule has 17 rings (SSSR count). The smallest absolute Gasteiger partial charge is 0.104 e. The Morgan fingerprint density at radius 3 is 0.812 bits per heavy atom. The van der Waals surface area contributed by atoms with Crippen molar-refractivity contribution in [1.29, 1.82) is 10.5 Å². The van der Waals surface area contributed by atoms with Crippen LogP contribution in [0.1, 0.15) is 61.1 Å². The highest BCUT2D eigenvalue weighted by Crippen LogP contribution is 2.55. The fraction of sp³-hybridized carbons (Fsp3) is 0.0811. The van der Waals surface area contributed by atoms with Gasteiger partial charge in [-0.05, 0) is 105 Å². The van der Waals surface area contributed by atoms with Crippen molar-refractivity contribution in [3.8, 4) is 57.1 Å². The number of fused-ring (bicyclic) bond motifs is 18. The lowest BCUT2D eigenvalue weighted by molar-refractivity contribution is 0.661. The third-order valence-corrected chi connectivity index (χ3v) is 18.4. The lowest BCUT2D eigenvalue weighted by Crippen LogP contribution is -2.17. The van der Waals surface area contributed by atoms with Gasteiger partial charge in [0.05, 0.1) is 66.9 Å². The maximum Gasteiger partial charge on any atom is 0.104 e. The molecule has 0 atom stereocenters. The molecule has 6 nitrogen and oxygen atoms in total.